The quantitative estimate of drug-likeness (QED) is 0.840. The number of rotatable bonds is 7. The van der Waals surface area contributed by atoms with Crippen LogP contribution in [0.4, 0.5) is 0 Å². The highest BCUT2D eigenvalue weighted by atomic mass is 15.2. The Morgan fingerprint density at radius 2 is 2.05 bits per heavy atom. The minimum Gasteiger partial charge on any atom is -0.310 e. The Balaban J connectivity index is 2.14. The number of aromatic nitrogens is 2. The van der Waals surface area contributed by atoms with E-state index in [1.54, 1.807) is 0 Å². The first-order valence-corrected chi connectivity index (χ1v) is 7.89. The average molecular weight is 285 g/mol. The lowest BCUT2D eigenvalue weighted by molar-refractivity contribution is 0.489. The summed E-state index contributed by atoms with van der Waals surface area (Å²) < 4.78 is 1.97. The van der Waals surface area contributed by atoms with Gasteiger partial charge in [-0.25, -0.2) is 0 Å². The second kappa shape index (κ2) is 7.41. The number of hydrogen-bond acceptors (Lipinski definition) is 2. The highest BCUT2D eigenvalue weighted by Gasteiger charge is 2.14. The molecule has 0 aliphatic carbocycles. The van der Waals surface area contributed by atoms with Crippen LogP contribution in [0.3, 0.4) is 0 Å². The van der Waals surface area contributed by atoms with Crippen LogP contribution in [0.25, 0.3) is 0 Å². The van der Waals surface area contributed by atoms with Crippen molar-refractivity contribution in [3.8, 4) is 0 Å². The van der Waals surface area contributed by atoms with Gasteiger partial charge in [-0.3, -0.25) is 4.68 Å². The van der Waals surface area contributed by atoms with Crippen LogP contribution in [0, 0.1) is 13.8 Å². The van der Waals surface area contributed by atoms with E-state index in [1.165, 1.54) is 22.4 Å². The molecule has 0 fully saturated rings. The van der Waals surface area contributed by atoms with Crippen LogP contribution >= 0.6 is 0 Å². The lowest BCUT2D eigenvalue weighted by Gasteiger charge is -2.22. The largest absolute Gasteiger partial charge is 0.310 e. The number of nitrogens with one attached hydrogen (secondary N) is 1. The molecule has 1 N–H and O–H groups in total. The van der Waals surface area contributed by atoms with Crippen molar-refractivity contribution < 1.29 is 0 Å². The molecule has 0 bridgehead atoms. The van der Waals surface area contributed by atoms with Gasteiger partial charge in [0.2, 0.25) is 0 Å². The summed E-state index contributed by atoms with van der Waals surface area (Å²) in [4.78, 5) is 0. The number of benzene rings is 1. The van der Waals surface area contributed by atoms with Gasteiger partial charge in [-0.05, 0) is 62.4 Å². The lowest BCUT2D eigenvalue weighted by Crippen LogP contribution is -2.24. The normalized spacial score (nSPS) is 12.6. The van der Waals surface area contributed by atoms with Gasteiger partial charge in [0.15, 0.2) is 0 Å². The zero-order chi connectivity index (χ0) is 15.2. The standard InChI is InChI=1S/C18H27N3/c1-5-12-19-18(10-9-16-11-13-20-21(16)4)17-8-6-7-14(2)15(17)3/h6-8,11,13,18-19H,5,9-10,12H2,1-4H3. The van der Waals surface area contributed by atoms with Gasteiger partial charge in [-0.15, -0.1) is 0 Å². The molecule has 114 valence electrons. The summed E-state index contributed by atoms with van der Waals surface area (Å²) in [5, 5.41) is 7.96. The van der Waals surface area contributed by atoms with Crippen LogP contribution in [0.15, 0.2) is 30.5 Å². The molecule has 1 atom stereocenters. The molecule has 3 nitrogen and oxygen atoms in total. The Labute approximate surface area is 128 Å². The maximum Gasteiger partial charge on any atom is 0.0492 e. The van der Waals surface area contributed by atoms with Crippen molar-refractivity contribution >= 4 is 0 Å². The molecule has 2 rings (SSSR count). The SMILES string of the molecule is CCCNC(CCc1ccnn1C)c1cccc(C)c1C. The molecule has 2 aromatic rings. The third kappa shape index (κ3) is 3.94. The third-order valence-electron chi connectivity index (χ3n) is 4.27. The lowest BCUT2D eigenvalue weighted by atomic mass is 9.94. The molecule has 0 spiro atoms. The molecular weight excluding hydrogens is 258 g/mol. The van der Waals surface area contributed by atoms with E-state index >= 15 is 0 Å². The van der Waals surface area contributed by atoms with E-state index in [0.717, 1.165) is 25.8 Å². The molecular formula is C18H27N3. The summed E-state index contributed by atoms with van der Waals surface area (Å²) in [6, 6.07) is 9.15. The first kappa shape index (κ1) is 15.8. The molecule has 1 aromatic heterocycles. The minimum atomic E-state index is 0.416. The smallest absolute Gasteiger partial charge is 0.0492 e. The zero-order valence-electron chi connectivity index (χ0n) is 13.7. The summed E-state index contributed by atoms with van der Waals surface area (Å²) in [5.74, 6) is 0. The fraction of sp³-hybridized carbons (Fsp3) is 0.500. The van der Waals surface area contributed by atoms with Crippen molar-refractivity contribution in [2.45, 2.75) is 46.1 Å². The minimum absolute atomic E-state index is 0.416. The maximum atomic E-state index is 4.26. The molecule has 0 amide bonds. The van der Waals surface area contributed by atoms with E-state index in [1.807, 2.05) is 17.9 Å². The summed E-state index contributed by atoms with van der Waals surface area (Å²) in [6.45, 7) is 7.70. The second-order valence-corrected chi connectivity index (χ2v) is 5.78. The molecule has 21 heavy (non-hydrogen) atoms. The highest BCUT2D eigenvalue weighted by Crippen LogP contribution is 2.24. The van der Waals surface area contributed by atoms with E-state index in [-0.39, 0.29) is 0 Å². The molecule has 3 heteroatoms. The molecule has 0 saturated heterocycles. The van der Waals surface area contributed by atoms with Crippen molar-refractivity contribution in [3.05, 3.63) is 52.8 Å². The number of aryl methyl sites for hydroxylation is 3. The van der Waals surface area contributed by atoms with Crippen molar-refractivity contribution in [2.75, 3.05) is 6.54 Å². The molecule has 1 unspecified atom stereocenters. The molecule has 1 heterocycles. The molecule has 0 aliphatic rings. The van der Waals surface area contributed by atoms with E-state index in [0.29, 0.717) is 6.04 Å². The predicted molar refractivity (Wildman–Crippen MR) is 88.5 cm³/mol. The zero-order valence-corrected chi connectivity index (χ0v) is 13.7. The highest BCUT2D eigenvalue weighted by molar-refractivity contribution is 5.35. The van der Waals surface area contributed by atoms with E-state index in [9.17, 15) is 0 Å². The summed E-state index contributed by atoms with van der Waals surface area (Å²) in [7, 11) is 2.02. The number of nitrogens with zero attached hydrogens (tertiary/aromatic N) is 2. The Morgan fingerprint density at radius 1 is 1.24 bits per heavy atom. The monoisotopic (exact) mass is 285 g/mol. The Morgan fingerprint density at radius 3 is 2.71 bits per heavy atom. The molecule has 0 radical (unpaired) electrons. The van der Waals surface area contributed by atoms with Crippen LogP contribution in [-0.2, 0) is 13.5 Å². The summed E-state index contributed by atoms with van der Waals surface area (Å²) in [5.41, 5.74) is 5.52. The van der Waals surface area contributed by atoms with Gasteiger partial charge >= 0.3 is 0 Å². The Bertz CT molecular complexity index is 572. The van der Waals surface area contributed by atoms with Crippen molar-refractivity contribution in [2.24, 2.45) is 7.05 Å². The van der Waals surface area contributed by atoms with E-state index in [2.05, 4.69) is 55.5 Å². The fourth-order valence-electron chi connectivity index (χ4n) is 2.78. The van der Waals surface area contributed by atoms with E-state index < -0.39 is 0 Å². The first-order chi connectivity index (χ1) is 10.1. The van der Waals surface area contributed by atoms with Gasteiger partial charge < -0.3 is 5.32 Å². The third-order valence-corrected chi connectivity index (χ3v) is 4.27. The molecule has 0 saturated carbocycles. The van der Waals surface area contributed by atoms with Crippen LogP contribution in [0.5, 0.6) is 0 Å². The van der Waals surface area contributed by atoms with Crippen LogP contribution in [0.2, 0.25) is 0 Å². The summed E-state index contributed by atoms with van der Waals surface area (Å²) >= 11 is 0. The van der Waals surface area contributed by atoms with Gasteiger partial charge in [-0.1, -0.05) is 25.1 Å². The van der Waals surface area contributed by atoms with E-state index in [4.69, 9.17) is 0 Å². The van der Waals surface area contributed by atoms with Crippen molar-refractivity contribution in [1.82, 2.24) is 15.1 Å². The maximum absolute atomic E-state index is 4.26. The Kier molecular flexibility index (Phi) is 5.57. The van der Waals surface area contributed by atoms with Gasteiger partial charge in [-0.2, -0.15) is 5.10 Å². The van der Waals surface area contributed by atoms with Crippen molar-refractivity contribution in [1.29, 1.82) is 0 Å². The molecule has 0 aliphatic heterocycles. The predicted octanol–water partition coefficient (Wildman–Crippen LogP) is 3.71. The van der Waals surface area contributed by atoms with Gasteiger partial charge in [0.1, 0.15) is 0 Å². The van der Waals surface area contributed by atoms with Crippen LogP contribution in [-0.4, -0.2) is 16.3 Å². The summed E-state index contributed by atoms with van der Waals surface area (Å²) in [6.07, 6.45) is 5.18. The number of hydrogen-bond donors (Lipinski definition) is 1. The second-order valence-electron chi connectivity index (χ2n) is 5.78. The average Bonchev–Trinajstić information content (AvgIpc) is 2.88. The topological polar surface area (TPSA) is 29.9 Å². The molecule has 1 aromatic carbocycles. The van der Waals surface area contributed by atoms with Gasteiger partial charge in [0.05, 0.1) is 0 Å². The first-order valence-electron chi connectivity index (χ1n) is 7.89. The van der Waals surface area contributed by atoms with Gasteiger partial charge in [0, 0.05) is 25.0 Å². The Hall–Kier alpha value is -1.61. The van der Waals surface area contributed by atoms with Crippen LogP contribution < -0.4 is 5.32 Å². The van der Waals surface area contributed by atoms with Crippen LogP contribution in [0.1, 0.15) is 48.2 Å². The van der Waals surface area contributed by atoms with Crippen molar-refractivity contribution in [3.63, 3.8) is 0 Å². The van der Waals surface area contributed by atoms with Gasteiger partial charge in [0.25, 0.3) is 0 Å². The fourth-order valence-corrected chi connectivity index (χ4v) is 2.78.